The van der Waals surface area contributed by atoms with E-state index in [1.54, 1.807) is 11.8 Å². The number of aryl methyl sites for hydroxylation is 1. The van der Waals surface area contributed by atoms with Gasteiger partial charge in [0.2, 0.25) is 5.91 Å². The number of hydrogen-bond donors (Lipinski definition) is 1. The molecule has 0 aliphatic carbocycles. The number of aromatic hydroxyl groups is 1. The Morgan fingerprint density at radius 3 is 2.76 bits per heavy atom. The number of benzene rings is 1. The Bertz CT molecular complexity index is 1820. The van der Waals surface area contributed by atoms with Gasteiger partial charge in [0.05, 0.1) is 28.7 Å². The molecule has 1 fully saturated rings. The first-order valence-electron chi connectivity index (χ1n) is 13.4. The van der Waals surface area contributed by atoms with Crippen LogP contribution in [0.25, 0.3) is 28.0 Å². The molecule has 1 N–H and O–H groups in total. The molecule has 13 heteroatoms. The highest BCUT2D eigenvalue weighted by atomic mass is 35.5. The van der Waals surface area contributed by atoms with Crippen molar-refractivity contribution in [2.24, 2.45) is 0 Å². The molecule has 1 amide bonds. The summed E-state index contributed by atoms with van der Waals surface area (Å²) < 4.78 is 22.8. The van der Waals surface area contributed by atoms with E-state index in [2.05, 4.69) is 21.5 Å². The molecule has 5 heterocycles. The predicted molar refractivity (Wildman–Crippen MR) is 155 cm³/mol. The van der Waals surface area contributed by atoms with Crippen LogP contribution in [0.15, 0.2) is 42.0 Å². The van der Waals surface area contributed by atoms with Crippen molar-refractivity contribution in [2.75, 3.05) is 31.1 Å². The number of aromatic nitrogens is 5. The molecule has 11 nitrogen and oxygen atoms in total. The van der Waals surface area contributed by atoms with Crippen LogP contribution in [0.3, 0.4) is 0 Å². The Morgan fingerprint density at radius 1 is 1.26 bits per heavy atom. The number of hydrogen-bond acceptors (Lipinski definition) is 9. The number of ether oxygens (including phenoxy) is 1. The number of rotatable bonds is 4. The van der Waals surface area contributed by atoms with E-state index in [0.29, 0.717) is 42.1 Å². The zero-order valence-corrected chi connectivity index (χ0v) is 23.9. The van der Waals surface area contributed by atoms with Crippen molar-refractivity contribution in [1.82, 2.24) is 29.4 Å². The van der Waals surface area contributed by atoms with E-state index in [0.717, 1.165) is 0 Å². The highest BCUT2D eigenvalue weighted by molar-refractivity contribution is 6.36. The fourth-order valence-electron chi connectivity index (χ4n) is 5.61. The Kier molecular flexibility index (Phi) is 6.80. The number of nitrogens with zero attached hydrogens (tertiary/aromatic N) is 7. The summed E-state index contributed by atoms with van der Waals surface area (Å²) in [6, 6.07) is 3.48. The third-order valence-corrected chi connectivity index (χ3v) is 7.95. The SMILES string of the molecule is C=CC(=O)N1CCN2c3nc(=O)n(-c4c(C)ncnc4C(C)C)c4nc(-c5c(O)cccc5F)c(Cl)c(c34)OC[C@H]2C1. The smallest absolute Gasteiger partial charge is 0.355 e. The van der Waals surface area contributed by atoms with E-state index in [1.165, 1.54) is 35.2 Å². The van der Waals surface area contributed by atoms with E-state index in [9.17, 15) is 14.7 Å². The van der Waals surface area contributed by atoms with Crippen LogP contribution < -0.4 is 15.3 Å². The molecule has 1 aromatic carbocycles. The first kappa shape index (κ1) is 27.6. The standard InChI is InChI=1S/C29H27ClFN7O4/c1-5-19(40)36-9-10-37-16(11-36)12-42-26-21-27(37)35-29(41)38(25-15(4)32-13-33-23(25)14(2)3)28(21)34-24(22(26)30)20-17(31)7-6-8-18(20)39/h5-8,13-14,16,39H,1,9-12H2,2-4H3/t16-/m1/s1. The first-order chi connectivity index (χ1) is 20.1. The number of pyridine rings is 1. The maximum atomic E-state index is 15.2. The van der Waals surface area contributed by atoms with Crippen LogP contribution in [-0.2, 0) is 4.79 Å². The summed E-state index contributed by atoms with van der Waals surface area (Å²) in [7, 11) is 0. The molecule has 0 spiro atoms. The molecule has 1 atom stereocenters. The van der Waals surface area contributed by atoms with Gasteiger partial charge in [-0.2, -0.15) is 4.98 Å². The average Bonchev–Trinajstić information content (AvgIpc) is 3.12. The van der Waals surface area contributed by atoms with Crippen molar-refractivity contribution in [3.63, 3.8) is 0 Å². The van der Waals surface area contributed by atoms with Crippen LogP contribution in [0.4, 0.5) is 10.2 Å². The van der Waals surface area contributed by atoms with Gasteiger partial charge in [-0.15, -0.1) is 0 Å². The molecule has 2 aliphatic rings. The minimum Gasteiger partial charge on any atom is -0.507 e. The summed E-state index contributed by atoms with van der Waals surface area (Å²) in [5.41, 5.74) is 0.563. The largest absolute Gasteiger partial charge is 0.507 e. The van der Waals surface area contributed by atoms with Gasteiger partial charge in [-0.05, 0) is 31.1 Å². The molecular formula is C29H27ClFN7O4. The lowest BCUT2D eigenvalue weighted by Crippen LogP contribution is -2.56. The maximum absolute atomic E-state index is 15.2. The zero-order chi connectivity index (χ0) is 29.9. The number of anilines is 1. The third-order valence-electron chi connectivity index (χ3n) is 7.60. The number of phenolic OH excluding ortho intramolecular Hbond substituents is 1. The molecule has 4 aromatic rings. The van der Waals surface area contributed by atoms with Gasteiger partial charge in [0.25, 0.3) is 0 Å². The van der Waals surface area contributed by atoms with E-state index in [-0.39, 0.29) is 63.7 Å². The van der Waals surface area contributed by atoms with Gasteiger partial charge in [0.1, 0.15) is 46.4 Å². The third kappa shape index (κ3) is 4.25. The quantitative estimate of drug-likeness (QED) is 0.353. The maximum Gasteiger partial charge on any atom is 0.355 e. The van der Waals surface area contributed by atoms with Gasteiger partial charge >= 0.3 is 5.69 Å². The van der Waals surface area contributed by atoms with Crippen molar-refractivity contribution in [2.45, 2.75) is 32.7 Å². The number of phenols is 1. The summed E-state index contributed by atoms with van der Waals surface area (Å²) >= 11 is 6.89. The number of amides is 1. The Morgan fingerprint density at radius 2 is 2.05 bits per heavy atom. The Labute approximate surface area is 244 Å². The zero-order valence-electron chi connectivity index (χ0n) is 23.1. The van der Waals surface area contributed by atoms with Crippen LogP contribution >= 0.6 is 11.6 Å². The minimum absolute atomic E-state index is 0.0554. The van der Waals surface area contributed by atoms with Crippen molar-refractivity contribution in [3.05, 3.63) is 69.9 Å². The molecule has 1 saturated heterocycles. The number of halogens is 2. The van der Waals surface area contributed by atoms with Gasteiger partial charge in [-0.25, -0.2) is 28.7 Å². The van der Waals surface area contributed by atoms with Crippen molar-refractivity contribution in [3.8, 4) is 28.4 Å². The van der Waals surface area contributed by atoms with Gasteiger partial charge in [-0.1, -0.05) is 38.1 Å². The Balaban J connectivity index is 1.71. The second-order valence-corrected chi connectivity index (χ2v) is 10.9. The first-order valence-corrected chi connectivity index (χ1v) is 13.8. The molecule has 0 unspecified atom stereocenters. The van der Waals surface area contributed by atoms with E-state index < -0.39 is 11.5 Å². The van der Waals surface area contributed by atoms with E-state index >= 15 is 4.39 Å². The Hall–Kier alpha value is -4.58. The van der Waals surface area contributed by atoms with Crippen molar-refractivity contribution < 1.29 is 19.0 Å². The summed E-state index contributed by atoms with van der Waals surface area (Å²) in [4.78, 5) is 48.0. The van der Waals surface area contributed by atoms with Crippen LogP contribution in [0.5, 0.6) is 11.5 Å². The second kappa shape index (κ2) is 10.4. The van der Waals surface area contributed by atoms with Crippen molar-refractivity contribution >= 4 is 34.4 Å². The summed E-state index contributed by atoms with van der Waals surface area (Å²) in [6.07, 6.45) is 2.68. The van der Waals surface area contributed by atoms with Gasteiger partial charge in [0, 0.05) is 19.6 Å². The monoisotopic (exact) mass is 591 g/mol. The van der Waals surface area contributed by atoms with E-state index in [1.807, 2.05) is 18.7 Å². The van der Waals surface area contributed by atoms with Gasteiger partial charge < -0.3 is 19.6 Å². The number of carbonyl (C=O) groups is 1. The molecule has 0 radical (unpaired) electrons. The van der Waals surface area contributed by atoms with Crippen molar-refractivity contribution in [1.29, 1.82) is 0 Å². The second-order valence-electron chi connectivity index (χ2n) is 10.5. The normalized spacial score (nSPS) is 16.3. The lowest BCUT2D eigenvalue weighted by atomic mass is 10.1. The van der Waals surface area contributed by atoms with Gasteiger partial charge in [-0.3, -0.25) is 4.79 Å². The number of piperazine rings is 1. The fourth-order valence-corrected chi connectivity index (χ4v) is 5.89. The molecule has 2 aliphatic heterocycles. The van der Waals surface area contributed by atoms with E-state index in [4.69, 9.17) is 21.3 Å². The molecular weight excluding hydrogens is 565 g/mol. The van der Waals surface area contributed by atoms with Crippen LogP contribution in [-0.4, -0.2) is 72.7 Å². The van der Waals surface area contributed by atoms with Gasteiger partial charge in [0.15, 0.2) is 11.4 Å². The minimum atomic E-state index is -0.758. The van der Waals surface area contributed by atoms with Crippen LogP contribution in [0, 0.1) is 12.7 Å². The summed E-state index contributed by atoms with van der Waals surface area (Å²) in [5, 5.41) is 11.0. The lowest BCUT2D eigenvalue weighted by Gasteiger charge is -2.40. The predicted octanol–water partition coefficient (Wildman–Crippen LogP) is 3.76. The highest BCUT2D eigenvalue weighted by Gasteiger charge is 2.37. The van der Waals surface area contributed by atoms with Crippen LogP contribution in [0.1, 0.15) is 31.2 Å². The molecule has 216 valence electrons. The lowest BCUT2D eigenvalue weighted by molar-refractivity contribution is -0.126. The topological polar surface area (TPSA) is 127 Å². The summed E-state index contributed by atoms with van der Waals surface area (Å²) in [5.74, 6) is -1.04. The van der Waals surface area contributed by atoms with Crippen LogP contribution in [0.2, 0.25) is 5.02 Å². The fraction of sp³-hybridized carbons (Fsp3) is 0.310. The average molecular weight is 592 g/mol. The molecule has 0 saturated carbocycles. The molecule has 42 heavy (non-hydrogen) atoms. The molecule has 0 bridgehead atoms. The molecule has 3 aromatic heterocycles. The number of fused-ring (bicyclic) bond motifs is 2. The highest BCUT2D eigenvalue weighted by Crippen LogP contribution is 2.47. The molecule has 6 rings (SSSR count). The number of carbonyl (C=O) groups excluding carboxylic acids is 1. The summed E-state index contributed by atoms with van der Waals surface area (Å²) in [6.45, 7) is 10.3.